The van der Waals surface area contributed by atoms with Gasteiger partial charge in [0.2, 0.25) is 5.91 Å². The molecule has 1 saturated heterocycles. The second-order valence-electron chi connectivity index (χ2n) is 7.09. The molecule has 0 unspecified atom stereocenters. The fraction of sp³-hybridized carbons (Fsp3) is 0.474. The molecule has 1 aromatic carbocycles. The van der Waals surface area contributed by atoms with Crippen molar-refractivity contribution < 1.29 is 9.53 Å². The normalized spacial score (nSPS) is 20.1. The highest BCUT2D eigenvalue weighted by atomic mass is 16.5. The number of hydrogen-bond acceptors (Lipinski definition) is 3. The summed E-state index contributed by atoms with van der Waals surface area (Å²) in [7, 11) is 0. The molecule has 1 aromatic heterocycles. The van der Waals surface area contributed by atoms with Crippen LogP contribution in [0.3, 0.4) is 0 Å². The van der Waals surface area contributed by atoms with Crippen LogP contribution in [0.1, 0.15) is 32.8 Å². The van der Waals surface area contributed by atoms with Crippen molar-refractivity contribution in [3.63, 3.8) is 0 Å². The van der Waals surface area contributed by atoms with E-state index in [-0.39, 0.29) is 17.6 Å². The molecule has 5 nitrogen and oxygen atoms in total. The molecule has 0 radical (unpaired) electrons. The van der Waals surface area contributed by atoms with Crippen molar-refractivity contribution in [2.24, 2.45) is 0 Å². The third kappa shape index (κ3) is 4.03. The van der Waals surface area contributed by atoms with Crippen LogP contribution in [0, 0.1) is 0 Å². The molecule has 1 aliphatic heterocycles. The highest BCUT2D eigenvalue weighted by Crippen LogP contribution is 2.21. The van der Waals surface area contributed by atoms with E-state index in [1.165, 1.54) is 0 Å². The molecule has 24 heavy (non-hydrogen) atoms. The molecule has 0 N–H and O–H groups in total. The lowest BCUT2D eigenvalue weighted by Crippen LogP contribution is -2.53. The van der Waals surface area contributed by atoms with E-state index in [2.05, 4.69) is 5.10 Å². The van der Waals surface area contributed by atoms with Gasteiger partial charge in [-0.25, -0.2) is 4.68 Å². The third-order valence-corrected chi connectivity index (χ3v) is 4.21. The Balaban J connectivity index is 1.58. The number of nitrogens with zero attached hydrogens (tertiary/aromatic N) is 3. The van der Waals surface area contributed by atoms with Crippen molar-refractivity contribution in [3.8, 4) is 5.69 Å². The van der Waals surface area contributed by atoms with Gasteiger partial charge in [-0.3, -0.25) is 4.79 Å². The van der Waals surface area contributed by atoms with Gasteiger partial charge in [0.1, 0.15) is 0 Å². The van der Waals surface area contributed by atoms with Gasteiger partial charge < -0.3 is 9.64 Å². The Labute approximate surface area is 143 Å². The van der Waals surface area contributed by atoms with Gasteiger partial charge in [0.25, 0.3) is 0 Å². The van der Waals surface area contributed by atoms with Crippen molar-refractivity contribution in [1.29, 1.82) is 0 Å². The summed E-state index contributed by atoms with van der Waals surface area (Å²) in [4.78, 5) is 14.5. The minimum atomic E-state index is -0.272. The molecule has 0 aliphatic carbocycles. The van der Waals surface area contributed by atoms with Crippen molar-refractivity contribution in [3.05, 3.63) is 48.3 Å². The smallest absolute Gasteiger partial charge is 0.223 e. The molecule has 2 heterocycles. The number of aryl methyl sites for hydroxylation is 1. The fourth-order valence-corrected chi connectivity index (χ4v) is 3.26. The van der Waals surface area contributed by atoms with Gasteiger partial charge in [0.05, 0.1) is 23.6 Å². The van der Waals surface area contributed by atoms with Crippen molar-refractivity contribution in [2.75, 3.05) is 13.1 Å². The van der Waals surface area contributed by atoms with Crippen LogP contribution >= 0.6 is 0 Å². The Hall–Kier alpha value is -2.14. The molecule has 0 saturated carbocycles. The number of amides is 1. The summed E-state index contributed by atoms with van der Waals surface area (Å²) in [5.41, 5.74) is 1.83. The van der Waals surface area contributed by atoms with Crippen LogP contribution in [0.15, 0.2) is 42.7 Å². The number of morpholine rings is 1. The van der Waals surface area contributed by atoms with E-state index in [0.29, 0.717) is 25.9 Å². The van der Waals surface area contributed by atoms with E-state index in [4.69, 9.17) is 4.74 Å². The molecule has 2 aromatic rings. The standard InChI is InChI=1S/C19H25N3O2/c1-15-12-21(14-19(2,3)24-15)18(23)10-9-16-11-20-22(13-16)17-7-5-4-6-8-17/h4-8,11,13,15H,9-10,12,14H2,1-3H3/t15-/m0/s1. The minimum Gasteiger partial charge on any atom is -0.369 e. The lowest BCUT2D eigenvalue weighted by atomic mass is 10.0. The SMILES string of the molecule is C[C@H]1CN(C(=O)CCc2cnn(-c3ccccc3)c2)CC(C)(C)O1. The van der Waals surface area contributed by atoms with Crippen LogP contribution in [-0.2, 0) is 16.0 Å². The zero-order valence-corrected chi connectivity index (χ0v) is 14.6. The largest absolute Gasteiger partial charge is 0.369 e. The molecule has 0 bridgehead atoms. The highest BCUT2D eigenvalue weighted by molar-refractivity contribution is 5.76. The van der Waals surface area contributed by atoms with E-state index in [1.54, 1.807) is 0 Å². The van der Waals surface area contributed by atoms with Gasteiger partial charge in [0, 0.05) is 25.7 Å². The quantitative estimate of drug-likeness (QED) is 0.867. The summed E-state index contributed by atoms with van der Waals surface area (Å²) >= 11 is 0. The first-order valence-corrected chi connectivity index (χ1v) is 8.47. The summed E-state index contributed by atoms with van der Waals surface area (Å²) in [6, 6.07) is 9.98. The first kappa shape index (κ1) is 16.7. The molecule has 3 rings (SSSR count). The van der Waals surface area contributed by atoms with Crippen molar-refractivity contribution in [1.82, 2.24) is 14.7 Å². The highest BCUT2D eigenvalue weighted by Gasteiger charge is 2.33. The zero-order chi connectivity index (χ0) is 17.2. The van der Waals surface area contributed by atoms with E-state index in [1.807, 2.05) is 73.1 Å². The maximum Gasteiger partial charge on any atom is 0.223 e. The predicted octanol–water partition coefficient (Wildman–Crippen LogP) is 2.83. The van der Waals surface area contributed by atoms with Crippen molar-refractivity contribution >= 4 is 5.91 Å². The van der Waals surface area contributed by atoms with E-state index in [0.717, 1.165) is 11.3 Å². The van der Waals surface area contributed by atoms with Crippen LogP contribution < -0.4 is 0 Å². The first-order chi connectivity index (χ1) is 11.4. The Bertz CT molecular complexity index is 694. The molecule has 1 amide bonds. The van der Waals surface area contributed by atoms with E-state index >= 15 is 0 Å². The first-order valence-electron chi connectivity index (χ1n) is 8.47. The topological polar surface area (TPSA) is 47.4 Å². The minimum absolute atomic E-state index is 0.0820. The average Bonchev–Trinajstić information content (AvgIpc) is 3.00. The van der Waals surface area contributed by atoms with E-state index in [9.17, 15) is 4.79 Å². The predicted molar refractivity (Wildman–Crippen MR) is 93.1 cm³/mol. The summed E-state index contributed by atoms with van der Waals surface area (Å²) in [5.74, 6) is 0.186. The summed E-state index contributed by atoms with van der Waals surface area (Å²) in [6.07, 6.45) is 5.13. The molecule has 1 fully saturated rings. The Morgan fingerprint density at radius 3 is 2.79 bits per heavy atom. The maximum atomic E-state index is 12.5. The summed E-state index contributed by atoms with van der Waals surface area (Å²) in [5, 5.41) is 4.38. The Morgan fingerprint density at radius 1 is 1.33 bits per heavy atom. The Kier molecular flexibility index (Phi) is 4.71. The van der Waals surface area contributed by atoms with Gasteiger partial charge in [-0.2, -0.15) is 5.10 Å². The molecule has 1 aliphatic rings. The number of para-hydroxylation sites is 1. The van der Waals surface area contributed by atoms with Gasteiger partial charge in [0.15, 0.2) is 0 Å². The number of benzene rings is 1. The summed E-state index contributed by atoms with van der Waals surface area (Å²) < 4.78 is 7.71. The fourth-order valence-electron chi connectivity index (χ4n) is 3.26. The molecular formula is C19H25N3O2. The number of ether oxygens (including phenoxy) is 1. The van der Waals surface area contributed by atoms with Crippen LogP contribution in [0.2, 0.25) is 0 Å². The summed E-state index contributed by atoms with van der Waals surface area (Å²) in [6.45, 7) is 7.41. The number of carbonyl (C=O) groups is 1. The van der Waals surface area contributed by atoms with Crippen LogP contribution in [-0.4, -0.2) is 45.4 Å². The van der Waals surface area contributed by atoms with Gasteiger partial charge in [-0.1, -0.05) is 18.2 Å². The second kappa shape index (κ2) is 6.77. The molecule has 1 atom stereocenters. The maximum absolute atomic E-state index is 12.5. The van der Waals surface area contributed by atoms with E-state index < -0.39 is 0 Å². The third-order valence-electron chi connectivity index (χ3n) is 4.21. The van der Waals surface area contributed by atoms with Gasteiger partial charge >= 0.3 is 0 Å². The molecule has 5 heteroatoms. The number of aromatic nitrogens is 2. The van der Waals surface area contributed by atoms with Crippen molar-refractivity contribution in [2.45, 2.75) is 45.3 Å². The lowest BCUT2D eigenvalue weighted by Gasteiger charge is -2.41. The second-order valence-corrected chi connectivity index (χ2v) is 7.09. The number of hydrogen-bond donors (Lipinski definition) is 0. The lowest BCUT2D eigenvalue weighted by molar-refractivity contribution is -0.158. The van der Waals surface area contributed by atoms with Crippen LogP contribution in [0.5, 0.6) is 0 Å². The van der Waals surface area contributed by atoms with Crippen LogP contribution in [0.4, 0.5) is 0 Å². The monoisotopic (exact) mass is 327 g/mol. The average molecular weight is 327 g/mol. The zero-order valence-electron chi connectivity index (χ0n) is 14.6. The van der Waals surface area contributed by atoms with Gasteiger partial charge in [-0.05, 0) is 44.9 Å². The number of rotatable bonds is 4. The van der Waals surface area contributed by atoms with Gasteiger partial charge in [-0.15, -0.1) is 0 Å². The Morgan fingerprint density at radius 2 is 2.08 bits per heavy atom. The molecule has 128 valence electrons. The molecule has 0 spiro atoms. The van der Waals surface area contributed by atoms with Crippen LogP contribution in [0.25, 0.3) is 5.69 Å². The number of carbonyl (C=O) groups excluding carboxylic acids is 1. The molecular weight excluding hydrogens is 302 g/mol.